The molecular formula is C20H24O9. The smallest absolute Gasteiger partial charge is 0.338 e. The van der Waals surface area contributed by atoms with Crippen molar-refractivity contribution < 1.29 is 44.6 Å². The van der Waals surface area contributed by atoms with Crippen LogP contribution in [-0.4, -0.2) is 79.7 Å². The first-order valence-corrected chi connectivity index (χ1v) is 9.63. The van der Waals surface area contributed by atoms with Gasteiger partial charge in [0.25, 0.3) is 0 Å². The van der Waals surface area contributed by atoms with Crippen LogP contribution >= 0.6 is 0 Å². The van der Waals surface area contributed by atoms with Gasteiger partial charge in [0.15, 0.2) is 11.9 Å². The maximum Gasteiger partial charge on any atom is 0.338 e. The molecule has 0 aromatic heterocycles. The minimum absolute atomic E-state index is 0.142. The normalized spacial score (nSPS) is 58.3. The number of carbonyl (C=O) groups excluding carboxylic acids is 2. The van der Waals surface area contributed by atoms with Crippen molar-refractivity contribution in [1.82, 2.24) is 0 Å². The fraction of sp³-hybridized carbons (Fsp3) is 0.700. The fourth-order valence-electron chi connectivity index (χ4n) is 7.19. The number of allylic oxidation sites excluding steroid dienone is 1. The summed E-state index contributed by atoms with van der Waals surface area (Å²) in [6.45, 7) is 6.62. The highest BCUT2D eigenvalue weighted by Gasteiger charge is 2.87. The van der Waals surface area contributed by atoms with E-state index in [-0.39, 0.29) is 18.6 Å². The van der Waals surface area contributed by atoms with Gasteiger partial charge in [-0.1, -0.05) is 19.1 Å². The summed E-state index contributed by atoms with van der Waals surface area (Å²) in [6, 6.07) is 0. The number of fused-ring (bicyclic) bond motifs is 1. The topological polar surface area (TPSA) is 154 Å². The zero-order chi connectivity index (χ0) is 21.3. The summed E-state index contributed by atoms with van der Waals surface area (Å²) in [6.07, 6.45) is -5.01. The Morgan fingerprint density at radius 3 is 2.45 bits per heavy atom. The molecule has 0 amide bonds. The van der Waals surface area contributed by atoms with E-state index in [1.165, 1.54) is 6.08 Å². The van der Waals surface area contributed by atoms with Crippen LogP contribution in [0.15, 0.2) is 23.8 Å². The molecule has 10 atom stereocenters. The van der Waals surface area contributed by atoms with Gasteiger partial charge in [-0.25, -0.2) is 4.79 Å². The van der Waals surface area contributed by atoms with Crippen LogP contribution < -0.4 is 0 Å². The molecule has 158 valence electrons. The number of ketones is 1. The van der Waals surface area contributed by atoms with Crippen LogP contribution in [0.5, 0.6) is 0 Å². The van der Waals surface area contributed by atoms with Gasteiger partial charge in [-0.2, -0.15) is 0 Å². The molecule has 0 aromatic rings. The molecule has 4 fully saturated rings. The number of hydrogen-bond donors (Lipinski definition) is 5. The molecule has 29 heavy (non-hydrogen) atoms. The standard InChI is InChI=1S/C20H24O9/c1-7-4-10(21)13(23)17(3)9(7)5-11-18-6-28-20(27,16(17)18)12(22)8(2)19(18,26)14(24)15(25)29-11/h4,9,11-14,16,22-24,26-27H,2,5-6H2,1,3H3/t9-,11-,12-,13-,14+,16-,17-,18-,19+,20+/m1/s1. The van der Waals surface area contributed by atoms with Crippen LogP contribution in [0, 0.1) is 22.7 Å². The molecule has 2 saturated heterocycles. The number of carbonyl (C=O) groups is 2. The van der Waals surface area contributed by atoms with E-state index >= 15 is 0 Å². The average molecular weight is 408 g/mol. The summed E-state index contributed by atoms with van der Waals surface area (Å²) >= 11 is 0. The molecule has 0 aromatic carbocycles. The van der Waals surface area contributed by atoms with Crippen LogP contribution in [0.25, 0.3) is 0 Å². The van der Waals surface area contributed by atoms with Gasteiger partial charge in [0.05, 0.1) is 12.0 Å². The Hall–Kier alpha value is -1.62. The van der Waals surface area contributed by atoms with Crippen molar-refractivity contribution in [3.8, 4) is 0 Å². The second kappa shape index (κ2) is 5.16. The number of rotatable bonds is 0. The first kappa shape index (κ1) is 19.3. The maximum absolute atomic E-state index is 12.5. The molecule has 0 unspecified atom stereocenters. The predicted octanol–water partition coefficient (Wildman–Crippen LogP) is -1.83. The Bertz CT molecular complexity index is 896. The summed E-state index contributed by atoms with van der Waals surface area (Å²) in [5.41, 5.74) is -5.06. The second-order valence-corrected chi connectivity index (χ2v) is 9.38. The Kier molecular flexibility index (Phi) is 3.44. The quantitative estimate of drug-likeness (QED) is 0.230. The van der Waals surface area contributed by atoms with Crippen molar-refractivity contribution in [2.45, 2.75) is 56.1 Å². The maximum atomic E-state index is 12.5. The van der Waals surface area contributed by atoms with Crippen molar-refractivity contribution >= 4 is 11.8 Å². The SMILES string of the molecule is C=C1[C@@H](O)[C@]2(O)OC[C@]34[C@H]2[C@@]2(C)[C@H](O)C(=O)C=C(C)[C@H]2C[C@H]3OC(=O)[C@H](O)[C@@]14O. The van der Waals surface area contributed by atoms with Crippen LogP contribution in [0.3, 0.4) is 0 Å². The second-order valence-electron chi connectivity index (χ2n) is 9.38. The monoisotopic (exact) mass is 408 g/mol. The Morgan fingerprint density at radius 1 is 1.14 bits per heavy atom. The minimum Gasteiger partial charge on any atom is -0.460 e. The fourth-order valence-corrected chi connectivity index (χ4v) is 7.19. The molecular weight excluding hydrogens is 384 g/mol. The molecule has 5 N–H and O–H groups in total. The van der Waals surface area contributed by atoms with Gasteiger partial charge in [-0.3, -0.25) is 4.79 Å². The zero-order valence-electron chi connectivity index (χ0n) is 16.0. The van der Waals surface area contributed by atoms with Gasteiger partial charge in [0, 0.05) is 11.3 Å². The van der Waals surface area contributed by atoms with Gasteiger partial charge in [-0.15, -0.1) is 0 Å². The molecule has 1 spiro atoms. The molecule has 5 aliphatic rings. The molecule has 2 saturated carbocycles. The highest BCUT2D eigenvalue weighted by atomic mass is 16.7. The number of aliphatic hydroxyl groups is 5. The van der Waals surface area contributed by atoms with E-state index in [0.29, 0.717) is 5.57 Å². The van der Waals surface area contributed by atoms with Gasteiger partial charge in [0.1, 0.15) is 23.9 Å². The average Bonchev–Trinajstić information content (AvgIpc) is 2.98. The van der Waals surface area contributed by atoms with Crippen LogP contribution in [0.4, 0.5) is 0 Å². The summed E-state index contributed by atoms with van der Waals surface area (Å²) < 4.78 is 11.1. The lowest BCUT2D eigenvalue weighted by Crippen LogP contribution is -2.82. The van der Waals surface area contributed by atoms with E-state index in [1.807, 2.05) is 0 Å². The minimum atomic E-state index is -2.37. The predicted molar refractivity (Wildman–Crippen MR) is 93.8 cm³/mol. The summed E-state index contributed by atoms with van der Waals surface area (Å²) in [4.78, 5) is 25.0. The van der Waals surface area contributed by atoms with Gasteiger partial charge >= 0.3 is 5.97 Å². The largest absolute Gasteiger partial charge is 0.460 e. The molecule has 5 rings (SSSR count). The van der Waals surface area contributed by atoms with E-state index in [9.17, 15) is 35.1 Å². The zero-order valence-corrected chi connectivity index (χ0v) is 16.0. The first-order chi connectivity index (χ1) is 13.4. The summed E-state index contributed by atoms with van der Waals surface area (Å²) in [5.74, 6) is -5.66. The van der Waals surface area contributed by atoms with E-state index in [2.05, 4.69) is 6.58 Å². The van der Waals surface area contributed by atoms with Crippen molar-refractivity contribution in [3.05, 3.63) is 23.8 Å². The molecule has 3 aliphatic carbocycles. The molecule has 2 aliphatic heterocycles. The van der Waals surface area contributed by atoms with Gasteiger partial charge in [-0.05, 0) is 30.9 Å². The lowest BCUT2D eigenvalue weighted by molar-refractivity contribution is -0.337. The number of esters is 1. The van der Waals surface area contributed by atoms with Crippen molar-refractivity contribution in [2.75, 3.05) is 6.61 Å². The lowest BCUT2D eigenvalue weighted by atomic mass is 9.37. The third kappa shape index (κ3) is 1.69. The van der Waals surface area contributed by atoms with Gasteiger partial charge in [0.2, 0.25) is 5.79 Å². The molecule has 0 radical (unpaired) electrons. The highest BCUT2D eigenvalue weighted by Crippen LogP contribution is 2.74. The van der Waals surface area contributed by atoms with Crippen molar-refractivity contribution in [2.24, 2.45) is 22.7 Å². The van der Waals surface area contributed by atoms with E-state index in [1.54, 1.807) is 13.8 Å². The molecule has 9 nitrogen and oxygen atoms in total. The number of aliphatic hydroxyl groups excluding tert-OH is 3. The lowest BCUT2D eigenvalue weighted by Gasteiger charge is -2.69. The number of ether oxygens (including phenoxy) is 2. The summed E-state index contributed by atoms with van der Waals surface area (Å²) in [5, 5.41) is 55.7. The highest BCUT2D eigenvalue weighted by molar-refractivity contribution is 5.96. The Balaban J connectivity index is 1.85. The Labute approximate surface area is 166 Å². The third-order valence-corrected chi connectivity index (χ3v) is 8.44. The third-order valence-electron chi connectivity index (χ3n) is 8.44. The summed E-state index contributed by atoms with van der Waals surface area (Å²) in [7, 11) is 0. The van der Waals surface area contributed by atoms with Gasteiger partial charge < -0.3 is 35.0 Å². The van der Waals surface area contributed by atoms with Crippen molar-refractivity contribution in [1.29, 1.82) is 0 Å². The van der Waals surface area contributed by atoms with E-state index in [4.69, 9.17) is 9.47 Å². The first-order valence-electron chi connectivity index (χ1n) is 9.63. The van der Waals surface area contributed by atoms with Crippen LogP contribution in [0.2, 0.25) is 0 Å². The molecule has 2 bridgehead atoms. The molecule has 2 heterocycles. The molecule has 9 heteroatoms. The van der Waals surface area contributed by atoms with E-state index in [0.717, 1.165) is 0 Å². The van der Waals surface area contributed by atoms with Crippen LogP contribution in [-0.2, 0) is 19.1 Å². The van der Waals surface area contributed by atoms with Crippen molar-refractivity contribution in [3.63, 3.8) is 0 Å². The Morgan fingerprint density at radius 2 is 1.79 bits per heavy atom. The number of hydrogen-bond acceptors (Lipinski definition) is 9. The van der Waals surface area contributed by atoms with Crippen LogP contribution in [0.1, 0.15) is 20.3 Å². The van der Waals surface area contributed by atoms with E-state index < -0.39 is 70.2 Å².